The molecule has 0 saturated heterocycles. The van der Waals surface area contributed by atoms with Crippen LogP contribution in [0.2, 0.25) is 0 Å². The largest absolute Gasteiger partial charge is 0.486 e. The number of carbonyl (C=O) groups excluding carboxylic acids is 1. The molecule has 3 heterocycles. The van der Waals surface area contributed by atoms with Crippen LogP contribution in [-0.4, -0.2) is 61.2 Å². The van der Waals surface area contributed by atoms with Crippen molar-refractivity contribution in [3.8, 4) is 11.5 Å². The molecule has 2 aromatic heterocycles. The smallest absolute Gasteiger partial charge is 0.260 e. The van der Waals surface area contributed by atoms with Crippen molar-refractivity contribution < 1.29 is 14.3 Å². The maximum Gasteiger partial charge on any atom is 0.260 e. The van der Waals surface area contributed by atoms with Crippen molar-refractivity contribution in [3.05, 3.63) is 41.4 Å². The van der Waals surface area contributed by atoms with E-state index < -0.39 is 0 Å². The van der Waals surface area contributed by atoms with Gasteiger partial charge in [-0.2, -0.15) is 0 Å². The Morgan fingerprint density at radius 1 is 1.03 bits per heavy atom. The molecule has 0 saturated carbocycles. The molecule has 0 aliphatic carbocycles. The Labute approximate surface area is 193 Å². The summed E-state index contributed by atoms with van der Waals surface area (Å²) >= 11 is 3.02. The van der Waals surface area contributed by atoms with Crippen LogP contribution in [0.4, 0.5) is 5.13 Å². The summed E-state index contributed by atoms with van der Waals surface area (Å²) in [7, 11) is 3.99. The number of ether oxygens (including phenoxy) is 2. The fourth-order valence-electron chi connectivity index (χ4n) is 3.30. The Balaban J connectivity index is 0.00000231. The summed E-state index contributed by atoms with van der Waals surface area (Å²) in [5.74, 6) is 1.36. The summed E-state index contributed by atoms with van der Waals surface area (Å²) in [4.78, 5) is 26.3. The zero-order chi connectivity index (χ0) is 20.7. The van der Waals surface area contributed by atoms with Crippen LogP contribution < -0.4 is 14.4 Å². The molecule has 0 N–H and O–H groups in total. The maximum absolute atomic E-state index is 13.5. The number of thiazole rings is 2. The van der Waals surface area contributed by atoms with Crippen LogP contribution in [0.3, 0.4) is 0 Å². The van der Waals surface area contributed by atoms with Crippen molar-refractivity contribution in [1.82, 2.24) is 14.9 Å². The molecule has 0 fully saturated rings. The van der Waals surface area contributed by atoms with Gasteiger partial charge in [0.2, 0.25) is 0 Å². The van der Waals surface area contributed by atoms with Gasteiger partial charge in [-0.05, 0) is 32.3 Å². The lowest BCUT2D eigenvalue weighted by Gasteiger charge is -2.22. The average Bonchev–Trinajstić information content (AvgIpc) is 3.37. The Bertz CT molecular complexity index is 1200. The van der Waals surface area contributed by atoms with Crippen LogP contribution in [0, 0.1) is 0 Å². The normalized spacial score (nSPS) is 12.9. The molecule has 1 aliphatic rings. The highest BCUT2D eigenvalue weighted by Crippen LogP contribution is 2.39. The van der Waals surface area contributed by atoms with Gasteiger partial charge in [0.05, 0.1) is 25.9 Å². The van der Waals surface area contributed by atoms with E-state index in [1.165, 1.54) is 22.7 Å². The van der Waals surface area contributed by atoms with E-state index in [0.29, 0.717) is 36.2 Å². The van der Waals surface area contributed by atoms with Gasteiger partial charge >= 0.3 is 0 Å². The zero-order valence-corrected chi connectivity index (χ0v) is 19.5. The monoisotopic (exact) mass is 476 g/mol. The minimum atomic E-state index is -0.0662. The van der Waals surface area contributed by atoms with Crippen molar-refractivity contribution in [2.45, 2.75) is 0 Å². The van der Waals surface area contributed by atoms with Crippen LogP contribution >= 0.6 is 35.1 Å². The molecule has 2 aromatic carbocycles. The summed E-state index contributed by atoms with van der Waals surface area (Å²) in [5, 5.41) is 0.670. The van der Waals surface area contributed by atoms with Gasteiger partial charge in [-0.1, -0.05) is 11.3 Å². The van der Waals surface area contributed by atoms with Crippen molar-refractivity contribution in [1.29, 1.82) is 0 Å². The van der Waals surface area contributed by atoms with Gasteiger partial charge in [0, 0.05) is 30.8 Å². The Morgan fingerprint density at radius 3 is 2.58 bits per heavy atom. The molecule has 0 unspecified atom stereocenters. The molecular formula is C21H21ClN4O3S2. The number of likely N-dealkylation sites (N-methyl/N-ethyl adjacent to an activating group) is 1. The van der Waals surface area contributed by atoms with Crippen molar-refractivity contribution >= 4 is 66.6 Å². The fourth-order valence-corrected chi connectivity index (χ4v) is 5.01. The Morgan fingerprint density at radius 2 is 1.81 bits per heavy atom. The van der Waals surface area contributed by atoms with Crippen LogP contribution in [0.5, 0.6) is 11.5 Å². The number of hydrogen-bond donors (Lipinski definition) is 0. The van der Waals surface area contributed by atoms with E-state index in [2.05, 4.69) is 9.88 Å². The lowest BCUT2D eigenvalue weighted by atomic mass is 10.2. The zero-order valence-electron chi connectivity index (χ0n) is 17.0. The van der Waals surface area contributed by atoms with Gasteiger partial charge in [-0.15, -0.1) is 23.7 Å². The molecule has 0 spiro atoms. The van der Waals surface area contributed by atoms with Gasteiger partial charge in [0.1, 0.15) is 13.2 Å². The highest BCUT2D eigenvalue weighted by molar-refractivity contribution is 7.22. The maximum atomic E-state index is 13.5. The predicted molar refractivity (Wildman–Crippen MR) is 128 cm³/mol. The van der Waals surface area contributed by atoms with Gasteiger partial charge in [-0.25, -0.2) is 9.97 Å². The first kappa shape index (κ1) is 21.8. The quantitative estimate of drug-likeness (QED) is 0.427. The Hall–Kier alpha value is -2.46. The molecule has 7 nitrogen and oxygen atoms in total. The lowest BCUT2D eigenvalue weighted by Crippen LogP contribution is -2.36. The fraction of sp³-hybridized carbons (Fsp3) is 0.286. The van der Waals surface area contributed by atoms with Crippen molar-refractivity contribution in [2.24, 2.45) is 0 Å². The van der Waals surface area contributed by atoms with E-state index in [1.807, 2.05) is 44.4 Å². The molecule has 10 heteroatoms. The summed E-state index contributed by atoms with van der Waals surface area (Å²) in [6.07, 6.45) is 0. The highest BCUT2D eigenvalue weighted by Gasteiger charge is 2.23. The van der Waals surface area contributed by atoms with Crippen LogP contribution in [0.1, 0.15) is 10.4 Å². The molecule has 0 radical (unpaired) electrons. The molecule has 162 valence electrons. The number of nitrogens with zero attached hydrogens (tertiary/aromatic N) is 4. The SMILES string of the molecule is CN(C)CCN(C(=O)c1ccc2ncsc2c1)c1nc2cc3c(cc2s1)OCCO3.Cl. The first-order chi connectivity index (χ1) is 14.6. The first-order valence-electron chi connectivity index (χ1n) is 9.58. The minimum Gasteiger partial charge on any atom is -0.486 e. The summed E-state index contributed by atoms with van der Waals surface area (Å²) in [5.41, 5.74) is 4.14. The molecule has 1 amide bonds. The molecule has 0 atom stereocenters. The number of anilines is 1. The number of halogens is 1. The van der Waals surface area contributed by atoms with Crippen LogP contribution in [0.15, 0.2) is 35.8 Å². The van der Waals surface area contributed by atoms with E-state index in [9.17, 15) is 4.79 Å². The van der Waals surface area contributed by atoms with Gasteiger partial charge in [0.15, 0.2) is 16.6 Å². The van der Waals surface area contributed by atoms with E-state index in [-0.39, 0.29) is 18.3 Å². The second-order valence-electron chi connectivity index (χ2n) is 7.25. The second kappa shape index (κ2) is 8.96. The third-order valence-electron chi connectivity index (χ3n) is 4.87. The van der Waals surface area contributed by atoms with Gasteiger partial charge < -0.3 is 14.4 Å². The molecule has 1 aliphatic heterocycles. The average molecular weight is 477 g/mol. The first-order valence-corrected chi connectivity index (χ1v) is 11.3. The van der Waals surface area contributed by atoms with E-state index >= 15 is 0 Å². The van der Waals surface area contributed by atoms with Crippen molar-refractivity contribution in [2.75, 3.05) is 45.3 Å². The second-order valence-corrected chi connectivity index (χ2v) is 9.15. The Kier molecular flexibility index (Phi) is 6.29. The van der Waals surface area contributed by atoms with Gasteiger partial charge in [-0.3, -0.25) is 9.69 Å². The van der Waals surface area contributed by atoms with E-state index in [0.717, 1.165) is 32.7 Å². The molecular weight excluding hydrogens is 456 g/mol. The molecule has 31 heavy (non-hydrogen) atoms. The molecule has 0 bridgehead atoms. The van der Waals surface area contributed by atoms with Crippen molar-refractivity contribution in [3.63, 3.8) is 0 Å². The number of hydrogen-bond acceptors (Lipinski definition) is 8. The number of amides is 1. The number of aromatic nitrogens is 2. The number of rotatable bonds is 5. The van der Waals surface area contributed by atoms with E-state index in [4.69, 9.17) is 14.5 Å². The molecule has 5 rings (SSSR count). The minimum absolute atomic E-state index is 0. The lowest BCUT2D eigenvalue weighted by molar-refractivity contribution is 0.0985. The van der Waals surface area contributed by atoms with E-state index in [1.54, 1.807) is 10.4 Å². The third kappa shape index (κ3) is 4.31. The summed E-state index contributed by atoms with van der Waals surface area (Å²) < 4.78 is 13.3. The van der Waals surface area contributed by atoms with Crippen LogP contribution in [0.25, 0.3) is 20.4 Å². The third-order valence-corrected chi connectivity index (χ3v) is 6.70. The topological polar surface area (TPSA) is 67.8 Å². The van der Waals surface area contributed by atoms with Gasteiger partial charge in [0.25, 0.3) is 5.91 Å². The highest BCUT2D eigenvalue weighted by atomic mass is 35.5. The number of carbonyl (C=O) groups is 1. The number of benzene rings is 2. The predicted octanol–water partition coefficient (Wildman–Crippen LogP) is 4.31. The summed E-state index contributed by atoms with van der Waals surface area (Å²) in [6.45, 7) is 2.34. The van der Waals surface area contributed by atoms with Crippen LogP contribution in [-0.2, 0) is 0 Å². The standard InChI is InChI=1S/C21H20N4O3S2.ClH/c1-24(2)5-6-25(20(26)13-3-4-14-18(9-13)29-12-22-14)21-23-15-10-16-17(11-19(15)30-21)28-8-7-27-16;/h3-4,9-12H,5-8H2,1-2H3;1H. The summed E-state index contributed by atoms with van der Waals surface area (Å²) in [6, 6.07) is 9.47. The molecule has 4 aromatic rings. The number of fused-ring (bicyclic) bond motifs is 3.